The van der Waals surface area contributed by atoms with Gasteiger partial charge in [-0.2, -0.15) is 0 Å². The van der Waals surface area contributed by atoms with Crippen molar-refractivity contribution in [1.82, 2.24) is 15.5 Å². The number of hydrogen-bond donors (Lipinski definition) is 1. The molecule has 1 aromatic heterocycles. The highest BCUT2D eigenvalue weighted by Crippen LogP contribution is 2.33. The van der Waals surface area contributed by atoms with E-state index < -0.39 is 0 Å². The molecule has 4 rings (SSSR count). The number of nitrogens with zero attached hydrogens (tertiary/aromatic N) is 3. The Morgan fingerprint density at radius 3 is 2.20 bits per heavy atom. The fraction of sp³-hybridized carbons (Fsp3) is 0.440. The third-order valence-corrected chi connectivity index (χ3v) is 6.07. The van der Waals surface area contributed by atoms with E-state index in [1.165, 1.54) is 0 Å². The Balaban J connectivity index is 1.56. The SMILES string of the molecule is COc1ccc2cc(-c3ccc(N(C)C4CC(C)(C)NC(C)(C)C4)nn3)ccc2c1. The summed E-state index contributed by atoms with van der Waals surface area (Å²) in [6, 6.07) is 17.0. The minimum atomic E-state index is 0.0990. The summed E-state index contributed by atoms with van der Waals surface area (Å²) in [5.74, 6) is 1.79. The Hall–Kier alpha value is -2.66. The maximum absolute atomic E-state index is 5.32. The van der Waals surface area contributed by atoms with Gasteiger partial charge in [-0.1, -0.05) is 18.2 Å². The highest BCUT2D eigenvalue weighted by molar-refractivity contribution is 5.87. The maximum atomic E-state index is 5.32. The molecule has 30 heavy (non-hydrogen) atoms. The van der Waals surface area contributed by atoms with Gasteiger partial charge in [-0.05, 0) is 81.6 Å². The van der Waals surface area contributed by atoms with Crippen LogP contribution in [0.5, 0.6) is 5.75 Å². The van der Waals surface area contributed by atoms with E-state index in [1.54, 1.807) is 7.11 Å². The van der Waals surface area contributed by atoms with Crippen LogP contribution < -0.4 is 15.0 Å². The van der Waals surface area contributed by atoms with Gasteiger partial charge >= 0.3 is 0 Å². The topological polar surface area (TPSA) is 50.3 Å². The van der Waals surface area contributed by atoms with Crippen LogP contribution in [-0.2, 0) is 0 Å². The first-order valence-electron chi connectivity index (χ1n) is 10.6. The summed E-state index contributed by atoms with van der Waals surface area (Å²) in [5, 5.41) is 15.2. The third kappa shape index (κ3) is 4.26. The van der Waals surface area contributed by atoms with E-state index in [0.717, 1.165) is 46.4 Å². The lowest BCUT2D eigenvalue weighted by Gasteiger charge is -2.49. The molecule has 2 aromatic carbocycles. The summed E-state index contributed by atoms with van der Waals surface area (Å²) in [4.78, 5) is 2.29. The highest BCUT2D eigenvalue weighted by atomic mass is 16.5. The van der Waals surface area contributed by atoms with Gasteiger partial charge in [0.25, 0.3) is 0 Å². The molecular formula is C25H32N4O. The second kappa shape index (κ2) is 7.55. The lowest BCUT2D eigenvalue weighted by Crippen LogP contribution is -2.62. The van der Waals surface area contributed by atoms with Gasteiger partial charge in [0.2, 0.25) is 0 Å². The van der Waals surface area contributed by atoms with Crippen molar-refractivity contribution in [2.75, 3.05) is 19.1 Å². The van der Waals surface area contributed by atoms with E-state index in [9.17, 15) is 0 Å². The quantitative estimate of drug-likeness (QED) is 0.659. The third-order valence-electron chi connectivity index (χ3n) is 6.07. The molecule has 0 atom stereocenters. The number of aromatic nitrogens is 2. The predicted molar refractivity (Wildman–Crippen MR) is 124 cm³/mol. The number of anilines is 1. The van der Waals surface area contributed by atoms with Crippen molar-refractivity contribution in [3.63, 3.8) is 0 Å². The normalized spacial score (nSPS) is 18.3. The zero-order valence-electron chi connectivity index (χ0n) is 18.9. The van der Waals surface area contributed by atoms with Gasteiger partial charge in [-0.3, -0.25) is 0 Å². The first-order valence-corrected chi connectivity index (χ1v) is 10.6. The van der Waals surface area contributed by atoms with Crippen LogP contribution in [0.15, 0.2) is 48.5 Å². The highest BCUT2D eigenvalue weighted by Gasteiger charge is 2.39. The molecule has 1 aliphatic rings. The molecule has 5 nitrogen and oxygen atoms in total. The number of nitrogens with one attached hydrogen (secondary N) is 1. The molecule has 0 spiro atoms. The van der Waals surface area contributed by atoms with Gasteiger partial charge in [0, 0.05) is 29.7 Å². The molecule has 5 heteroatoms. The van der Waals surface area contributed by atoms with Crippen molar-refractivity contribution in [1.29, 1.82) is 0 Å². The fourth-order valence-electron chi connectivity index (χ4n) is 4.91. The van der Waals surface area contributed by atoms with Crippen LogP contribution in [0.2, 0.25) is 0 Å². The van der Waals surface area contributed by atoms with Crippen molar-refractivity contribution < 1.29 is 4.74 Å². The first-order chi connectivity index (χ1) is 14.2. The average Bonchev–Trinajstić information content (AvgIpc) is 2.70. The Morgan fingerprint density at radius 2 is 1.57 bits per heavy atom. The number of hydrogen-bond acceptors (Lipinski definition) is 5. The zero-order valence-corrected chi connectivity index (χ0v) is 18.9. The molecule has 1 aliphatic heterocycles. The van der Waals surface area contributed by atoms with Gasteiger partial charge in [-0.25, -0.2) is 0 Å². The second-order valence-electron chi connectivity index (χ2n) is 9.77. The van der Waals surface area contributed by atoms with Crippen molar-refractivity contribution in [3.05, 3.63) is 48.5 Å². The van der Waals surface area contributed by atoms with Crippen molar-refractivity contribution in [2.45, 2.75) is 57.7 Å². The second-order valence-corrected chi connectivity index (χ2v) is 9.77. The van der Waals surface area contributed by atoms with E-state index in [1.807, 2.05) is 12.1 Å². The standard InChI is InChI=1S/C25H32N4O/c1-24(2)15-20(16-25(3,4)28-24)29(5)23-12-11-22(26-27-23)19-8-7-18-14-21(30-6)10-9-17(18)13-19/h7-14,20,28H,15-16H2,1-6H3. The minimum Gasteiger partial charge on any atom is -0.497 e. The molecule has 0 saturated carbocycles. The predicted octanol–water partition coefficient (Wildman–Crippen LogP) is 5.05. The van der Waals surface area contributed by atoms with Crippen LogP contribution in [0.25, 0.3) is 22.0 Å². The van der Waals surface area contributed by atoms with Gasteiger partial charge in [0.05, 0.1) is 12.8 Å². The molecule has 1 saturated heterocycles. The molecule has 2 heterocycles. The Bertz CT molecular complexity index is 1030. The van der Waals surface area contributed by atoms with Crippen LogP contribution in [0.4, 0.5) is 5.82 Å². The number of piperidine rings is 1. The van der Waals surface area contributed by atoms with Crippen LogP contribution in [0.1, 0.15) is 40.5 Å². The van der Waals surface area contributed by atoms with Crippen molar-refractivity contribution in [3.8, 4) is 17.0 Å². The monoisotopic (exact) mass is 404 g/mol. The number of methoxy groups -OCH3 is 1. The molecular weight excluding hydrogens is 372 g/mol. The van der Waals surface area contributed by atoms with Gasteiger partial charge in [0.1, 0.15) is 5.75 Å². The molecule has 158 valence electrons. The smallest absolute Gasteiger partial charge is 0.151 e. The molecule has 0 unspecified atom stereocenters. The molecule has 0 amide bonds. The van der Waals surface area contributed by atoms with E-state index in [4.69, 9.17) is 4.74 Å². The Kier molecular flexibility index (Phi) is 5.18. The molecule has 0 radical (unpaired) electrons. The number of fused-ring (bicyclic) bond motifs is 1. The van der Waals surface area contributed by atoms with Crippen LogP contribution in [0, 0.1) is 0 Å². The summed E-state index contributed by atoms with van der Waals surface area (Å²) < 4.78 is 5.32. The van der Waals surface area contributed by atoms with E-state index >= 15 is 0 Å². The molecule has 1 fully saturated rings. The number of rotatable bonds is 4. The van der Waals surface area contributed by atoms with Crippen LogP contribution in [0.3, 0.4) is 0 Å². The van der Waals surface area contributed by atoms with Crippen LogP contribution >= 0.6 is 0 Å². The summed E-state index contributed by atoms with van der Waals surface area (Å²) >= 11 is 0. The fourth-order valence-corrected chi connectivity index (χ4v) is 4.91. The summed E-state index contributed by atoms with van der Waals surface area (Å²) in [6.07, 6.45) is 2.15. The molecule has 1 N–H and O–H groups in total. The maximum Gasteiger partial charge on any atom is 0.151 e. The Labute approximate surface area is 179 Å². The Morgan fingerprint density at radius 1 is 0.900 bits per heavy atom. The van der Waals surface area contributed by atoms with Gasteiger partial charge < -0.3 is 15.0 Å². The van der Waals surface area contributed by atoms with Crippen LogP contribution in [-0.4, -0.2) is 41.5 Å². The molecule has 0 aliphatic carbocycles. The largest absolute Gasteiger partial charge is 0.497 e. The summed E-state index contributed by atoms with van der Waals surface area (Å²) in [5.41, 5.74) is 2.15. The van der Waals surface area contributed by atoms with Gasteiger partial charge in [-0.15, -0.1) is 10.2 Å². The zero-order chi connectivity index (χ0) is 21.5. The summed E-state index contributed by atoms with van der Waals surface area (Å²) in [6.45, 7) is 9.11. The minimum absolute atomic E-state index is 0.0990. The number of benzene rings is 2. The lowest BCUT2D eigenvalue weighted by atomic mass is 9.79. The summed E-state index contributed by atoms with van der Waals surface area (Å²) in [7, 11) is 3.82. The average molecular weight is 405 g/mol. The van der Waals surface area contributed by atoms with Gasteiger partial charge in [0.15, 0.2) is 5.82 Å². The molecule has 3 aromatic rings. The lowest BCUT2D eigenvalue weighted by molar-refractivity contribution is 0.160. The van der Waals surface area contributed by atoms with E-state index in [-0.39, 0.29) is 11.1 Å². The number of ether oxygens (including phenoxy) is 1. The molecule has 0 bridgehead atoms. The van der Waals surface area contributed by atoms with E-state index in [2.05, 4.69) is 91.6 Å². The van der Waals surface area contributed by atoms with Crippen molar-refractivity contribution >= 4 is 16.6 Å². The first kappa shape index (κ1) is 20.6. The van der Waals surface area contributed by atoms with Crippen molar-refractivity contribution in [2.24, 2.45) is 0 Å². The van der Waals surface area contributed by atoms with E-state index in [0.29, 0.717) is 6.04 Å².